The zero-order valence-electron chi connectivity index (χ0n) is 17.0. The molecule has 1 aliphatic heterocycles. The lowest BCUT2D eigenvalue weighted by Gasteiger charge is -2.29. The molecule has 1 aliphatic rings. The number of nitrogens with zero attached hydrogens (tertiary/aromatic N) is 1. The van der Waals surface area contributed by atoms with E-state index in [9.17, 15) is 4.79 Å². The van der Waals surface area contributed by atoms with E-state index in [4.69, 9.17) is 0 Å². The molecular formula is C25H34N2O. The molecule has 28 heavy (non-hydrogen) atoms. The number of nitrogens with one attached hydrogen (secondary N) is 1. The predicted molar refractivity (Wildman–Crippen MR) is 116 cm³/mol. The molecule has 0 atom stereocenters. The van der Waals surface area contributed by atoms with Crippen LogP contribution in [0.4, 0.5) is 0 Å². The molecule has 1 N–H and O–H groups in total. The third-order valence-electron chi connectivity index (χ3n) is 5.72. The standard InChI is InChI=1S/C25H34N2O/c28-25(26-27-20-8-3-9-21-27)24(18-10-16-22-12-4-1-5-13-22)19-11-17-23-14-6-2-7-15-23/h1-2,4-7,12-15,24H,3,8-11,16-21H2,(H,26,28). The zero-order valence-corrected chi connectivity index (χ0v) is 17.0. The fourth-order valence-electron chi connectivity index (χ4n) is 4.05. The van der Waals surface area contributed by atoms with Crippen LogP contribution in [0.25, 0.3) is 0 Å². The van der Waals surface area contributed by atoms with Crippen LogP contribution in [0.5, 0.6) is 0 Å². The summed E-state index contributed by atoms with van der Waals surface area (Å²) < 4.78 is 0. The fourth-order valence-corrected chi connectivity index (χ4v) is 4.05. The molecular weight excluding hydrogens is 344 g/mol. The van der Waals surface area contributed by atoms with E-state index in [1.807, 2.05) is 0 Å². The van der Waals surface area contributed by atoms with Gasteiger partial charge in [-0.1, -0.05) is 67.1 Å². The molecule has 1 heterocycles. The fraction of sp³-hybridized carbons (Fsp3) is 0.480. The lowest BCUT2D eigenvalue weighted by atomic mass is 9.93. The number of amides is 1. The lowest BCUT2D eigenvalue weighted by molar-refractivity contribution is -0.131. The average Bonchev–Trinajstić information content (AvgIpc) is 2.75. The molecule has 3 rings (SSSR count). The van der Waals surface area contributed by atoms with E-state index < -0.39 is 0 Å². The molecule has 2 aromatic rings. The number of aryl methyl sites for hydroxylation is 2. The van der Waals surface area contributed by atoms with Gasteiger partial charge < -0.3 is 0 Å². The molecule has 0 bridgehead atoms. The number of hydrogen-bond donors (Lipinski definition) is 1. The Labute approximate surface area is 170 Å². The van der Waals surface area contributed by atoms with Crippen LogP contribution in [0.3, 0.4) is 0 Å². The number of rotatable bonds is 10. The Kier molecular flexibility index (Phi) is 8.57. The number of hydrogen-bond acceptors (Lipinski definition) is 2. The van der Waals surface area contributed by atoms with Gasteiger partial charge in [0, 0.05) is 19.0 Å². The largest absolute Gasteiger partial charge is 0.289 e. The lowest BCUT2D eigenvalue weighted by Crippen LogP contribution is -2.47. The van der Waals surface area contributed by atoms with Crippen LogP contribution in [0.2, 0.25) is 0 Å². The molecule has 1 fully saturated rings. The summed E-state index contributed by atoms with van der Waals surface area (Å²) in [5.41, 5.74) is 5.94. The molecule has 0 unspecified atom stereocenters. The van der Waals surface area contributed by atoms with Crippen LogP contribution in [-0.4, -0.2) is 24.0 Å². The van der Waals surface area contributed by atoms with Crippen molar-refractivity contribution >= 4 is 5.91 Å². The van der Waals surface area contributed by atoms with Gasteiger partial charge in [-0.2, -0.15) is 0 Å². The van der Waals surface area contributed by atoms with E-state index in [2.05, 4.69) is 71.1 Å². The van der Waals surface area contributed by atoms with Crippen molar-refractivity contribution < 1.29 is 4.79 Å². The summed E-state index contributed by atoms with van der Waals surface area (Å²) in [5, 5.41) is 2.13. The first-order valence-corrected chi connectivity index (χ1v) is 10.9. The van der Waals surface area contributed by atoms with Gasteiger partial charge in [-0.3, -0.25) is 10.2 Å². The monoisotopic (exact) mass is 378 g/mol. The highest BCUT2D eigenvalue weighted by Crippen LogP contribution is 2.19. The molecule has 0 aromatic heterocycles. The van der Waals surface area contributed by atoms with E-state index in [-0.39, 0.29) is 11.8 Å². The van der Waals surface area contributed by atoms with Crippen molar-refractivity contribution in [2.45, 2.75) is 57.8 Å². The second-order valence-corrected chi connectivity index (χ2v) is 7.98. The molecule has 0 radical (unpaired) electrons. The molecule has 1 amide bonds. The van der Waals surface area contributed by atoms with Crippen LogP contribution in [0.1, 0.15) is 56.1 Å². The topological polar surface area (TPSA) is 32.3 Å². The van der Waals surface area contributed by atoms with Crippen LogP contribution in [0.15, 0.2) is 60.7 Å². The number of hydrazine groups is 1. The highest BCUT2D eigenvalue weighted by atomic mass is 16.2. The van der Waals surface area contributed by atoms with Crippen molar-refractivity contribution in [2.24, 2.45) is 5.92 Å². The van der Waals surface area contributed by atoms with E-state index in [1.165, 1.54) is 30.4 Å². The van der Waals surface area contributed by atoms with E-state index >= 15 is 0 Å². The summed E-state index contributed by atoms with van der Waals surface area (Å²) in [5.74, 6) is 0.331. The number of carbonyl (C=O) groups is 1. The van der Waals surface area contributed by atoms with Crippen molar-refractivity contribution in [1.29, 1.82) is 0 Å². The molecule has 0 saturated carbocycles. The van der Waals surface area contributed by atoms with Crippen LogP contribution in [0, 0.1) is 5.92 Å². The van der Waals surface area contributed by atoms with Crippen LogP contribution >= 0.6 is 0 Å². The van der Waals surface area contributed by atoms with Crippen molar-refractivity contribution in [1.82, 2.24) is 10.4 Å². The Morgan fingerprint density at radius 3 is 1.79 bits per heavy atom. The Morgan fingerprint density at radius 1 is 0.786 bits per heavy atom. The summed E-state index contributed by atoms with van der Waals surface area (Å²) >= 11 is 0. The molecule has 1 saturated heterocycles. The van der Waals surface area contributed by atoms with Gasteiger partial charge in [0.2, 0.25) is 5.91 Å². The summed E-state index contributed by atoms with van der Waals surface area (Å²) in [6, 6.07) is 21.2. The minimum absolute atomic E-state index is 0.106. The van der Waals surface area contributed by atoms with Gasteiger partial charge in [-0.15, -0.1) is 0 Å². The third kappa shape index (κ3) is 7.12. The van der Waals surface area contributed by atoms with Gasteiger partial charge >= 0.3 is 0 Å². The molecule has 3 heteroatoms. The molecule has 0 spiro atoms. The number of carbonyl (C=O) groups excluding carboxylic acids is 1. The SMILES string of the molecule is O=C(NN1CCCCC1)C(CCCc1ccccc1)CCCc1ccccc1. The zero-order chi connectivity index (χ0) is 19.4. The Balaban J connectivity index is 1.50. The normalized spacial score (nSPS) is 14.9. The van der Waals surface area contributed by atoms with Gasteiger partial charge in [0.05, 0.1) is 0 Å². The number of piperidine rings is 1. The van der Waals surface area contributed by atoms with Gasteiger partial charge in [0.1, 0.15) is 0 Å². The van der Waals surface area contributed by atoms with Crippen molar-refractivity contribution in [3.63, 3.8) is 0 Å². The summed E-state index contributed by atoms with van der Waals surface area (Å²) in [6.07, 6.45) is 9.80. The highest BCUT2D eigenvalue weighted by molar-refractivity contribution is 5.78. The van der Waals surface area contributed by atoms with Gasteiger partial charge in [-0.05, 0) is 62.5 Å². The second-order valence-electron chi connectivity index (χ2n) is 7.98. The van der Waals surface area contributed by atoms with E-state index in [0.29, 0.717) is 0 Å². The smallest absolute Gasteiger partial charge is 0.237 e. The molecule has 2 aromatic carbocycles. The van der Waals surface area contributed by atoms with E-state index in [0.717, 1.165) is 51.6 Å². The summed E-state index contributed by atoms with van der Waals surface area (Å²) in [6.45, 7) is 1.99. The van der Waals surface area contributed by atoms with E-state index in [1.54, 1.807) is 0 Å². The Bertz CT molecular complexity index is 635. The molecule has 3 nitrogen and oxygen atoms in total. The number of benzene rings is 2. The maximum atomic E-state index is 12.9. The van der Waals surface area contributed by atoms with Gasteiger partial charge in [0.25, 0.3) is 0 Å². The second kappa shape index (κ2) is 11.7. The maximum Gasteiger partial charge on any atom is 0.237 e. The maximum absolute atomic E-state index is 12.9. The first-order chi connectivity index (χ1) is 13.8. The Hall–Kier alpha value is -2.13. The Morgan fingerprint density at radius 2 is 1.29 bits per heavy atom. The first-order valence-electron chi connectivity index (χ1n) is 10.9. The highest BCUT2D eigenvalue weighted by Gasteiger charge is 2.21. The minimum atomic E-state index is 0.106. The first kappa shape index (κ1) is 20.6. The minimum Gasteiger partial charge on any atom is -0.289 e. The van der Waals surface area contributed by atoms with Crippen LogP contribution in [-0.2, 0) is 17.6 Å². The predicted octanol–water partition coefficient (Wildman–Crippen LogP) is 5.17. The van der Waals surface area contributed by atoms with Crippen LogP contribution < -0.4 is 5.43 Å². The van der Waals surface area contributed by atoms with Crippen molar-refractivity contribution in [3.05, 3.63) is 71.8 Å². The van der Waals surface area contributed by atoms with Crippen molar-refractivity contribution in [3.8, 4) is 0 Å². The third-order valence-corrected chi connectivity index (χ3v) is 5.72. The summed E-state index contributed by atoms with van der Waals surface area (Å²) in [4.78, 5) is 12.9. The van der Waals surface area contributed by atoms with Gasteiger partial charge in [-0.25, -0.2) is 5.01 Å². The quantitative estimate of drug-likeness (QED) is 0.619. The molecule has 0 aliphatic carbocycles. The summed E-state index contributed by atoms with van der Waals surface area (Å²) in [7, 11) is 0. The molecule has 150 valence electrons. The average molecular weight is 379 g/mol. The van der Waals surface area contributed by atoms with Gasteiger partial charge in [0.15, 0.2) is 0 Å². The van der Waals surface area contributed by atoms with Crippen molar-refractivity contribution in [2.75, 3.05) is 13.1 Å².